The van der Waals surface area contributed by atoms with E-state index in [0.29, 0.717) is 17.2 Å². The molecule has 0 saturated carbocycles. The van der Waals surface area contributed by atoms with Crippen LogP contribution < -0.4 is 5.32 Å². The lowest BCUT2D eigenvalue weighted by Crippen LogP contribution is -2.36. The van der Waals surface area contributed by atoms with Gasteiger partial charge >= 0.3 is 6.18 Å². The van der Waals surface area contributed by atoms with Crippen molar-refractivity contribution in [3.05, 3.63) is 47.0 Å². The molecule has 1 unspecified atom stereocenters. The maximum Gasteiger partial charge on any atom is 0.419 e. The minimum atomic E-state index is -4.83. The summed E-state index contributed by atoms with van der Waals surface area (Å²) in [6.45, 7) is -0.218. The van der Waals surface area contributed by atoms with Crippen LogP contribution >= 0.6 is 0 Å². The smallest absolute Gasteiger partial charge is 0.345 e. The minimum Gasteiger partial charge on any atom is -0.345 e. The molecule has 12 heteroatoms. The molecule has 8 nitrogen and oxygen atoms in total. The van der Waals surface area contributed by atoms with Gasteiger partial charge in [-0.25, -0.2) is 14.1 Å². The molecule has 0 spiro atoms. The first-order valence-corrected chi connectivity index (χ1v) is 7.69. The van der Waals surface area contributed by atoms with Gasteiger partial charge in [0.05, 0.1) is 37.3 Å². The second-order valence-corrected chi connectivity index (χ2v) is 5.96. The summed E-state index contributed by atoms with van der Waals surface area (Å²) in [7, 11) is 0. The fourth-order valence-electron chi connectivity index (χ4n) is 2.60. The zero-order valence-corrected chi connectivity index (χ0v) is 13.6. The Balaban J connectivity index is 1.68. The Kier molecular flexibility index (Phi) is 4.83. The number of hydrogen-bond donors (Lipinski definition) is 2. The predicted octanol–water partition coefficient (Wildman–Crippen LogP) is 1.20. The van der Waals surface area contributed by atoms with E-state index in [1.165, 1.54) is 12.3 Å². The molecule has 27 heavy (non-hydrogen) atoms. The van der Waals surface area contributed by atoms with E-state index in [1.807, 2.05) is 0 Å². The van der Waals surface area contributed by atoms with Crippen LogP contribution in [0.3, 0.4) is 0 Å². The third-order valence-electron chi connectivity index (χ3n) is 3.89. The zero-order valence-electron chi connectivity index (χ0n) is 13.6. The molecule has 1 aliphatic heterocycles. The summed E-state index contributed by atoms with van der Waals surface area (Å²) < 4.78 is 52.7. The van der Waals surface area contributed by atoms with Crippen molar-refractivity contribution in [2.24, 2.45) is 0 Å². The lowest BCUT2D eigenvalue weighted by atomic mass is 10.1. The number of nitrogens with zero attached hydrogens (tertiary/aromatic N) is 4. The van der Waals surface area contributed by atoms with Gasteiger partial charge in [-0.2, -0.15) is 13.2 Å². The summed E-state index contributed by atoms with van der Waals surface area (Å²) in [6, 6.07) is 1.95. The number of carbonyl (C=O) groups is 2. The van der Waals surface area contributed by atoms with Crippen molar-refractivity contribution in [1.82, 2.24) is 25.4 Å². The number of rotatable bonds is 4. The Hall–Kier alpha value is -3.02. The van der Waals surface area contributed by atoms with Gasteiger partial charge in [-0.15, -0.1) is 5.10 Å². The molecular formula is C15H13F4N5O3. The molecule has 1 fully saturated rings. The Labute approximate surface area is 149 Å². The summed E-state index contributed by atoms with van der Waals surface area (Å²) in [5, 5.41) is 19.5. The van der Waals surface area contributed by atoms with E-state index in [4.69, 9.17) is 0 Å². The molecule has 0 bridgehead atoms. The van der Waals surface area contributed by atoms with Crippen molar-refractivity contribution in [2.45, 2.75) is 25.2 Å². The molecule has 2 aromatic rings. The highest BCUT2D eigenvalue weighted by molar-refractivity contribution is 5.92. The highest BCUT2D eigenvalue weighted by Crippen LogP contribution is 2.32. The molecule has 1 atom stereocenters. The van der Waals surface area contributed by atoms with E-state index in [2.05, 4.69) is 15.6 Å². The van der Waals surface area contributed by atoms with Gasteiger partial charge in [0.2, 0.25) is 5.91 Å². The van der Waals surface area contributed by atoms with Crippen LogP contribution in [0.1, 0.15) is 28.0 Å². The van der Waals surface area contributed by atoms with Gasteiger partial charge < -0.3 is 5.32 Å². The summed E-state index contributed by atoms with van der Waals surface area (Å²) in [6.07, 6.45) is -3.68. The molecule has 2 N–H and O–H groups in total. The Morgan fingerprint density at radius 3 is 2.74 bits per heavy atom. The number of hydroxylamine groups is 2. The van der Waals surface area contributed by atoms with Crippen LogP contribution in [0.2, 0.25) is 0 Å². The van der Waals surface area contributed by atoms with Gasteiger partial charge in [0.1, 0.15) is 5.82 Å². The van der Waals surface area contributed by atoms with Crippen molar-refractivity contribution < 1.29 is 32.4 Å². The molecule has 2 amide bonds. The monoisotopic (exact) mass is 387 g/mol. The minimum absolute atomic E-state index is 0.0610. The fourth-order valence-corrected chi connectivity index (χ4v) is 2.60. The van der Waals surface area contributed by atoms with Crippen molar-refractivity contribution in [2.75, 3.05) is 6.54 Å². The summed E-state index contributed by atoms with van der Waals surface area (Å²) in [4.78, 5) is 23.3. The van der Waals surface area contributed by atoms with E-state index >= 15 is 0 Å². The first-order valence-electron chi connectivity index (χ1n) is 7.69. The Bertz CT molecular complexity index is 883. The average Bonchev–Trinajstić information content (AvgIpc) is 3.15. The number of carbonyl (C=O) groups excluding carboxylic acids is 2. The largest absolute Gasteiger partial charge is 0.419 e. The van der Waals surface area contributed by atoms with E-state index in [9.17, 15) is 32.4 Å². The molecule has 1 saturated heterocycles. The zero-order chi connectivity index (χ0) is 19.8. The van der Waals surface area contributed by atoms with Gasteiger partial charge in [-0.05, 0) is 17.7 Å². The van der Waals surface area contributed by atoms with Crippen LogP contribution in [-0.4, -0.2) is 49.7 Å². The van der Waals surface area contributed by atoms with Crippen molar-refractivity contribution in [3.63, 3.8) is 0 Å². The van der Waals surface area contributed by atoms with Crippen LogP contribution in [0, 0.1) is 5.82 Å². The van der Waals surface area contributed by atoms with Crippen molar-refractivity contribution in [3.8, 4) is 0 Å². The van der Waals surface area contributed by atoms with Gasteiger partial charge in [0.15, 0.2) is 5.69 Å². The fraction of sp³-hybridized carbons (Fsp3) is 0.333. The number of benzene rings is 1. The maximum atomic E-state index is 13.3. The number of nitrogens with one attached hydrogen (secondary N) is 1. The quantitative estimate of drug-likeness (QED) is 0.607. The van der Waals surface area contributed by atoms with E-state index < -0.39 is 35.4 Å². The van der Waals surface area contributed by atoms with E-state index in [-0.39, 0.29) is 30.8 Å². The molecule has 0 aliphatic carbocycles. The van der Waals surface area contributed by atoms with Gasteiger partial charge in [-0.1, -0.05) is 11.3 Å². The summed E-state index contributed by atoms with van der Waals surface area (Å²) >= 11 is 0. The summed E-state index contributed by atoms with van der Waals surface area (Å²) in [5.74, 6) is -2.56. The Morgan fingerprint density at radius 2 is 2.11 bits per heavy atom. The SMILES string of the molecule is O=C(NC1CC(=O)N(O)C1)c1cn(Cc2ccc(F)c(C(F)(F)F)c2)nn1. The third kappa shape index (κ3) is 4.22. The second-order valence-electron chi connectivity index (χ2n) is 5.96. The second kappa shape index (κ2) is 6.95. The normalized spacial score (nSPS) is 17.4. The highest BCUT2D eigenvalue weighted by Gasteiger charge is 2.34. The Morgan fingerprint density at radius 1 is 1.37 bits per heavy atom. The standard InChI is InChI=1S/C15H13F4N5O3/c16-11-2-1-8(3-10(11)15(17,18)19)5-23-7-12(21-22-23)14(26)20-9-4-13(25)24(27)6-9/h1-3,7,9,27H,4-6H2,(H,20,26). The molecule has 3 rings (SSSR count). The molecule has 1 aromatic carbocycles. The first kappa shape index (κ1) is 18.8. The molecule has 0 radical (unpaired) electrons. The lowest BCUT2D eigenvalue weighted by Gasteiger charge is -2.10. The molecular weight excluding hydrogens is 374 g/mol. The number of aromatic nitrogens is 3. The van der Waals surface area contributed by atoms with Gasteiger partial charge in [0, 0.05) is 0 Å². The van der Waals surface area contributed by atoms with Gasteiger partial charge in [-0.3, -0.25) is 14.8 Å². The molecule has 2 heterocycles. The molecule has 1 aliphatic rings. The average molecular weight is 387 g/mol. The van der Waals surface area contributed by atoms with Crippen LogP contribution in [-0.2, 0) is 17.5 Å². The van der Waals surface area contributed by atoms with E-state index in [1.54, 1.807) is 0 Å². The number of amides is 2. The molecule has 144 valence electrons. The maximum absolute atomic E-state index is 13.3. The van der Waals surface area contributed by atoms with Crippen molar-refractivity contribution in [1.29, 1.82) is 0 Å². The highest BCUT2D eigenvalue weighted by atomic mass is 19.4. The van der Waals surface area contributed by atoms with Gasteiger partial charge in [0.25, 0.3) is 5.91 Å². The predicted molar refractivity (Wildman–Crippen MR) is 79.9 cm³/mol. The van der Waals surface area contributed by atoms with Crippen LogP contribution in [0.5, 0.6) is 0 Å². The van der Waals surface area contributed by atoms with Crippen LogP contribution in [0.25, 0.3) is 0 Å². The van der Waals surface area contributed by atoms with Crippen LogP contribution in [0.4, 0.5) is 17.6 Å². The topological polar surface area (TPSA) is 100 Å². The number of hydrogen-bond acceptors (Lipinski definition) is 5. The molecule has 1 aromatic heterocycles. The lowest BCUT2D eigenvalue weighted by molar-refractivity contribution is -0.157. The van der Waals surface area contributed by atoms with Crippen LogP contribution in [0.15, 0.2) is 24.4 Å². The van der Waals surface area contributed by atoms with Crippen molar-refractivity contribution >= 4 is 11.8 Å². The number of alkyl halides is 3. The first-order chi connectivity index (χ1) is 12.6. The number of halogens is 4. The third-order valence-corrected chi connectivity index (χ3v) is 3.89. The van der Waals surface area contributed by atoms with E-state index in [0.717, 1.165) is 4.68 Å². The summed E-state index contributed by atoms with van der Waals surface area (Å²) in [5.41, 5.74) is -1.38.